The van der Waals surface area contributed by atoms with Gasteiger partial charge in [-0.05, 0) is 45.4 Å². The number of halogens is 5. The van der Waals surface area contributed by atoms with Gasteiger partial charge in [-0.1, -0.05) is 0 Å². The van der Waals surface area contributed by atoms with Gasteiger partial charge >= 0.3 is 18.4 Å². The Balaban J connectivity index is 1.58. The quantitative estimate of drug-likeness (QED) is 0.427. The van der Waals surface area contributed by atoms with Crippen molar-refractivity contribution in [3.63, 3.8) is 0 Å². The molecule has 1 fully saturated rings. The molecule has 4 heterocycles. The standard InChI is InChI=1S/C24H23F5N6O4/c1-23(2,3)39-22(37)34-7-6-14(13(26)9-34)35-15-8-11(25)4-5-12(15)17(33-35)18-16-19(24(27,28)29)38-21(36)32-20(16)31-10-30-18/h4-5,8,10,13-14,19H,6-7,9H2,1-3H3,(H,30,31,32,36)/t13-,14+,19-/m1/s1. The van der Waals surface area contributed by atoms with E-state index in [1.54, 1.807) is 20.8 Å². The summed E-state index contributed by atoms with van der Waals surface area (Å²) in [7, 11) is 0. The number of likely N-dealkylation sites (tertiary alicyclic amines) is 1. The number of amides is 2. The number of rotatable bonds is 2. The summed E-state index contributed by atoms with van der Waals surface area (Å²) in [6.45, 7) is 4.82. The molecule has 1 aromatic carbocycles. The van der Waals surface area contributed by atoms with Crippen molar-refractivity contribution in [2.24, 2.45) is 0 Å². The number of carbonyl (C=O) groups is 2. The number of cyclic esters (lactones) is 1. The first kappa shape index (κ1) is 26.6. The third-order valence-corrected chi connectivity index (χ3v) is 6.26. The van der Waals surface area contributed by atoms with Crippen LogP contribution in [0.15, 0.2) is 24.5 Å². The molecule has 2 aliphatic rings. The van der Waals surface area contributed by atoms with Crippen LogP contribution in [-0.2, 0) is 9.47 Å². The fourth-order valence-electron chi connectivity index (χ4n) is 4.65. The highest BCUT2D eigenvalue weighted by atomic mass is 19.4. The van der Waals surface area contributed by atoms with Crippen molar-refractivity contribution in [1.29, 1.82) is 0 Å². The first-order valence-electron chi connectivity index (χ1n) is 11.9. The van der Waals surface area contributed by atoms with Crippen molar-refractivity contribution in [1.82, 2.24) is 24.6 Å². The maximum absolute atomic E-state index is 15.5. The number of carbonyl (C=O) groups excluding carboxylic acids is 2. The molecule has 39 heavy (non-hydrogen) atoms. The van der Waals surface area contributed by atoms with Gasteiger partial charge in [0.15, 0.2) is 0 Å². The number of hydrogen-bond acceptors (Lipinski definition) is 7. The van der Waals surface area contributed by atoms with Crippen molar-refractivity contribution in [3.05, 3.63) is 35.9 Å². The number of alkyl halides is 4. The van der Waals surface area contributed by atoms with E-state index in [4.69, 9.17) is 4.74 Å². The Morgan fingerprint density at radius 1 is 1.18 bits per heavy atom. The Morgan fingerprint density at radius 2 is 1.92 bits per heavy atom. The van der Waals surface area contributed by atoms with Crippen molar-refractivity contribution < 1.29 is 41.0 Å². The molecule has 0 radical (unpaired) electrons. The zero-order valence-electron chi connectivity index (χ0n) is 20.9. The number of ether oxygens (including phenoxy) is 2. The van der Waals surface area contributed by atoms with E-state index in [2.05, 4.69) is 25.1 Å². The minimum atomic E-state index is -5.00. The highest BCUT2D eigenvalue weighted by Gasteiger charge is 2.50. The summed E-state index contributed by atoms with van der Waals surface area (Å²) in [6.07, 6.45) is -10.4. The van der Waals surface area contributed by atoms with E-state index in [9.17, 15) is 27.2 Å². The van der Waals surface area contributed by atoms with E-state index >= 15 is 4.39 Å². The minimum absolute atomic E-state index is 0.0688. The molecule has 5 rings (SSSR count). The van der Waals surface area contributed by atoms with Gasteiger partial charge in [-0.3, -0.25) is 10.00 Å². The average molecular weight is 554 g/mol. The molecular weight excluding hydrogens is 531 g/mol. The van der Waals surface area contributed by atoms with Gasteiger partial charge in [-0.25, -0.2) is 28.3 Å². The number of nitrogens with zero attached hydrogens (tertiary/aromatic N) is 5. The van der Waals surface area contributed by atoms with Crippen LogP contribution in [0.5, 0.6) is 0 Å². The number of nitrogens with one attached hydrogen (secondary N) is 1. The highest BCUT2D eigenvalue weighted by molar-refractivity contribution is 5.96. The van der Waals surface area contributed by atoms with Crippen LogP contribution in [0, 0.1) is 5.82 Å². The van der Waals surface area contributed by atoms with Crippen LogP contribution in [0.3, 0.4) is 0 Å². The van der Waals surface area contributed by atoms with Gasteiger partial charge in [0.1, 0.15) is 41.1 Å². The van der Waals surface area contributed by atoms with Crippen LogP contribution in [0.25, 0.3) is 22.3 Å². The summed E-state index contributed by atoms with van der Waals surface area (Å²) in [5.41, 5.74) is -1.69. The van der Waals surface area contributed by atoms with E-state index in [1.165, 1.54) is 15.6 Å². The van der Waals surface area contributed by atoms with Crippen LogP contribution in [0.2, 0.25) is 0 Å². The minimum Gasteiger partial charge on any atom is -0.444 e. The lowest BCUT2D eigenvalue weighted by Crippen LogP contribution is -2.47. The fourth-order valence-corrected chi connectivity index (χ4v) is 4.65. The molecule has 2 aromatic heterocycles. The predicted octanol–water partition coefficient (Wildman–Crippen LogP) is 5.32. The van der Waals surface area contributed by atoms with Crippen molar-refractivity contribution >= 4 is 28.9 Å². The summed E-state index contributed by atoms with van der Waals surface area (Å²) in [6, 6.07) is 2.50. The smallest absolute Gasteiger partial charge is 0.430 e. The first-order chi connectivity index (χ1) is 18.2. The number of hydrogen-bond donors (Lipinski definition) is 1. The van der Waals surface area contributed by atoms with Gasteiger partial charge in [-0.15, -0.1) is 0 Å². The van der Waals surface area contributed by atoms with Gasteiger partial charge < -0.3 is 14.4 Å². The zero-order valence-corrected chi connectivity index (χ0v) is 20.9. The number of fused-ring (bicyclic) bond motifs is 2. The lowest BCUT2D eigenvalue weighted by Gasteiger charge is -2.35. The van der Waals surface area contributed by atoms with E-state index in [0.717, 1.165) is 18.5 Å². The molecule has 0 unspecified atom stereocenters. The van der Waals surface area contributed by atoms with Gasteiger partial charge in [0.25, 0.3) is 0 Å². The Bertz CT molecular complexity index is 1450. The van der Waals surface area contributed by atoms with Crippen LogP contribution in [0.1, 0.15) is 44.9 Å². The predicted molar refractivity (Wildman–Crippen MR) is 126 cm³/mol. The van der Waals surface area contributed by atoms with Gasteiger partial charge in [0.05, 0.1) is 23.7 Å². The molecule has 2 amide bonds. The summed E-state index contributed by atoms with van der Waals surface area (Å²) in [5, 5.41) is 6.71. The van der Waals surface area contributed by atoms with Crippen molar-refractivity contribution in [3.8, 4) is 11.4 Å². The van der Waals surface area contributed by atoms with Crippen LogP contribution in [-0.4, -0.2) is 67.9 Å². The molecule has 0 bridgehead atoms. The van der Waals surface area contributed by atoms with Gasteiger partial charge in [0, 0.05) is 11.9 Å². The monoisotopic (exact) mass is 554 g/mol. The van der Waals surface area contributed by atoms with Crippen LogP contribution < -0.4 is 5.32 Å². The van der Waals surface area contributed by atoms with E-state index in [0.29, 0.717) is 0 Å². The summed E-state index contributed by atoms with van der Waals surface area (Å²) < 4.78 is 82.5. The molecule has 15 heteroatoms. The van der Waals surface area contributed by atoms with E-state index in [1.807, 2.05) is 0 Å². The van der Waals surface area contributed by atoms with Crippen LogP contribution in [0.4, 0.5) is 37.4 Å². The summed E-state index contributed by atoms with van der Waals surface area (Å²) in [5.74, 6) is -1.09. The number of benzene rings is 1. The molecule has 2 aliphatic heterocycles. The lowest BCUT2D eigenvalue weighted by atomic mass is 10.0. The Hall–Kier alpha value is -4.04. The Kier molecular flexibility index (Phi) is 6.34. The second kappa shape index (κ2) is 9.31. The molecule has 3 atom stereocenters. The third kappa shape index (κ3) is 5.04. The van der Waals surface area contributed by atoms with Crippen molar-refractivity contribution in [2.45, 2.75) is 57.3 Å². The SMILES string of the molecule is CC(C)(C)OC(=O)N1CC[C@H](n2nc(-c3ncnc4c3[C@H](C(F)(F)F)OC(=O)N4)c3ccc(F)cc32)[C@H](F)C1. The zero-order chi connectivity index (χ0) is 28.3. The number of aromatic nitrogens is 4. The molecule has 10 nitrogen and oxygen atoms in total. The summed E-state index contributed by atoms with van der Waals surface area (Å²) >= 11 is 0. The van der Waals surface area contributed by atoms with Crippen LogP contribution >= 0.6 is 0 Å². The lowest BCUT2D eigenvalue weighted by molar-refractivity contribution is -0.206. The molecule has 1 saturated heterocycles. The van der Waals surface area contributed by atoms with E-state index in [-0.39, 0.29) is 41.8 Å². The Morgan fingerprint density at radius 3 is 2.59 bits per heavy atom. The molecule has 1 N–H and O–H groups in total. The molecule has 3 aromatic rings. The largest absolute Gasteiger partial charge is 0.444 e. The maximum atomic E-state index is 15.5. The summed E-state index contributed by atoms with van der Waals surface area (Å²) in [4.78, 5) is 33.1. The highest BCUT2D eigenvalue weighted by Crippen LogP contribution is 2.46. The normalized spacial score (nSPS) is 21.8. The number of piperidine rings is 1. The molecule has 0 aliphatic carbocycles. The van der Waals surface area contributed by atoms with E-state index < -0.39 is 59.5 Å². The molecule has 0 saturated carbocycles. The second-order valence-electron chi connectivity index (χ2n) is 10.2. The second-order valence-corrected chi connectivity index (χ2v) is 10.2. The molecule has 208 valence electrons. The topological polar surface area (TPSA) is 111 Å². The fraction of sp³-hybridized carbons (Fsp3) is 0.458. The average Bonchev–Trinajstić information content (AvgIpc) is 3.19. The van der Waals surface area contributed by atoms with Gasteiger partial charge in [0.2, 0.25) is 6.10 Å². The first-order valence-corrected chi connectivity index (χ1v) is 11.9. The van der Waals surface area contributed by atoms with Crippen molar-refractivity contribution in [2.75, 3.05) is 18.4 Å². The third-order valence-electron chi connectivity index (χ3n) is 6.26. The molecule has 0 spiro atoms. The number of anilines is 1. The molecular formula is C24H23F5N6O4. The maximum Gasteiger partial charge on any atom is 0.430 e. The van der Waals surface area contributed by atoms with Gasteiger partial charge in [-0.2, -0.15) is 18.3 Å². The Labute approximate surface area is 218 Å².